The molecule has 0 radical (unpaired) electrons. The van der Waals surface area contributed by atoms with E-state index in [4.69, 9.17) is 4.74 Å². The van der Waals surface area contributed by atoms with Crippen molar-refractivity contribution in [2.24, 2.45) is 7.05 Å². The molecule has 2 aromatic carbocycles. The smallest absolute Gasteiger partial charge is 0.252 e. The van der Waals surface area contributed by atoms with Gasteiger partial charge in [0.05, 0.1) is 24.0 Å². The Morgan fingerprint density at radius 3 is 2.63 bits per heavy atom. The summed E-state index contributed by atoms with van der Waals surface area (Å²) in [5.74, 6) is 0.571. The van der Waals surface area contributed by atoms with E-state index >= 15 is 0 Å². The summed E-state index contributed by atoms with van der Waals surface area (Å²) < 4.78 is 9.73. The number of amides is 1. The standard InChI is InChI=1S/C30H36N6O2/c1-20-6-9-27(38-13-12-34(3)4)17-28(20)30(37)32-21(2)22-14-23(25-18-31-36(19-25)26-7-8-26)16-24(15-22)29-10-11-35(5)33-29/h6,9-11,14-19,21,26H,7-8,12-13H2,1-5H3,(H,32,37)/t21-/m1/s1. The van der Waals surface area contributed by atoms with E-state index in [1.54, 1.807) is 4.68 Å². The van der Waals surface area contributed by atoms with E-state index in [1.807, 2.05) is 71.6 Å². The number of nitrogens with one attached hydrogen (secondary N) is 1. The zero-order valence-corrected chi connectivity index (χ0v) is 22.8. The SMILES string of the molecule is Cc1ccc(OCCN(C)C)cc1C(=O)N[C@H](C)c1cc(-c2cnn(C3CC3)c2)cc(-c2ccn(C)n2)c1. The molecule has 1 fully saturated rings. The van der Waals surface area contributed by atoms with Gasteiger partial charge >= 0.3 is 0 Å². The number of aryl methyl sites for hydroxylation is 2. The average molecular weight is 513 g/mol. The number of aromatic nitrogens is 4. The summed E-state index contributed by atoms with van der Waals surface area (Å²) in [5, 5.41) is 12.4. The molecule has 2 aromatic heterocycles. The first-order valence-corrected chi connectivity index (χ1v) is 13.2. The van der Waals surface area contributed by atoms with Gasteiger partial charge in [-0.2, -0.15) is 10.2 Å². The number of hydrogen-bond donors (Lipinski definition) is 1. The highest BCUT2D eigenvalue weighted by atomic mass is 16.5. The number of likely N-dealkylation sites (N-methyl/N-ethyl adjacent to an activating group) is 1. The lowest BCUT2D eigenvalue weighted by Crippen LogP contribution is -2.27. The van der Waals surface area contributed by atoms with Gasteiger partial charge in [-0.3, -0.25) is 14.2 Å². The fourth-order valence-electron chi connectivity index (χ4n) is 4.45. The van der Waals surface area contributed by atoms with Gasteiger partial charge in [0.1, 0.15) is 12.4 Å². The molecule has 0 bridgehead atoms. The monoisotopic (exact) mass is 512 g/mol. The van der Waals surface area contributed by atoms with Crippen LogP contribution in [0.3, 0.4) is 0 Å². The van der Waals surface area contributed by atoms with E-state index in [-0.39, 0.29) is 11.9 Å². The van der Waals surface area contributed by atoms with Crippen LogP contribution in [0.25, 0.3) is 22.4 Å². The van der Waals surface area contributed by atoms with Crippen LogP contribution >= 0.6 is 0 Å². The van der Waals surface area contributed by atoms with E-state index in [0.717, 1.165) is 40.1 Å². The van der Waals surface area contributed by atoms with Crippen LogP contribution in [0.15, 0.2) is 61.1 Å². The molecule has 0 unspecified atom stereocenters. The van der Waals surface area contributed by atoms with Gasteiger partial charge in [0.2, 0.25) is 0 Å². The van der Waals surface area contributed by atoms with Crippen molar-refractivity contribution in [2.45, 2.75) is 38.8 Å². The lowest BCUT2D eigenvalue weighted by atomic mass is 9.96. The molecule has 1 amide bonds. The summed E-state index contributed by atoms with van der Waals surface area (Å²) in [7, 11) is 5.93. The normalized spacial score (nSPS) is 14.1. The van der Waals surface area contributed by atoms with Gasteiger partial charge in [0, 0.05) is 42.7 Å². The third-order valence-corrected chi connectivity index (χ3v) is 6.93. The van der Waals surface area contributed by atoms with Gasteiger partial charge in [-0.15, -0.1) is 0 Å². The van der Waals surface area contributed by atoms with E-state index in [0.29, 0.717) is 24.0 Å². The Labute approximate surface area is 224 Å². The van der Waals surface area contributed by atoms with Crippen LogP contribution in [0.5, 0.6) is 5.75 Å². The number of carbonyl (C=O) groups excluding carboxylic acids is 1. The third-order valence-electron chi connectivity index (χ3n) is 6.93. The number of rotatable bonds is 10. The summed E-state index contributed by atoms with van der Waals surface area (Å²) in [5.41, 5.74) is 6.55. The molecule has 2 heterocycles. The number of hydrogen-bond acceptors (Lipinski definition) is 5. The van der Waals surface area contributed by atoms with Crippen LogP contribution in [-0.2, 0) is 7.05 Å². The van der Waals surface area contributed by atoms with Gasteiger partial charge in [-0.25, -0.2) is 0 Å². The van der Waals surface area contributed by atoms with E-state index in [2.05, 4.69) is 49.5 Å². The molecular formula is C30H36N6O2. The maximum absolute atomic E-state index is 13.4. The molecule has 0 aliphatic heterocycles. The van der Waals surface area contributed by atoms with Crippen molar-refractivity contribution in [3.05, 3.63) is 77.7 Å². The van der Waals surface area contributed by atoms with Crippen molar-refractivity contribution < 1.29 is 9.53 Å². The number of carbonyl (C=O) groups is 1. The van der Waals surface area contributed by atoms with Gasteiger partial charge < -0.3 is 15.0 Å². The maximum atomic E-state index is 13.4. The molecule has 1 atom stereocenters. The quantitative estimate of drug-likeness (QED) is 0.323. The largest absolute Gasteiger partial charge is 0.492 e. The van der Waals surface area contributed by atoms with Crippen LogP contribution in [0.4, 0.5) is 0 Å². The summed E-state index contributed by atoms with van der Waals surface area (Å²) in [4.78, 5) is 15.4. The Bertz CT molecular complexity index is 1430. The van der Waals surface area contributed by atoms with Gasteiger partial charge in [-0.1, -0.05) is 6.07 Å². The third kappa shape index (κ3) is 5.97. The predicted octanol–water partition coefficient (Wildman–Crippen LogP) is 5.03. The Balaban J connectivity index is 1.40. The lowest BCUT2D eigenvalue weighted by molar-refractivity contribution is 0.0938. The Hall–Kier alpha value is -3.91. The first kappa shape index (κ1) is 25.7. The fraction of sp³-hybridized carbons (Fsp3) is 0.367. The number of benzene rings is 2. The number of nitrogens with zero attached hydrogens (tertiary/aromatic N) is 5. The molecule has 4 aromatic rings. The van der Waals surface area contributed by atoms with Crippen molar-refractivity contribution in [1.29, 1.82) is 0 Å². The average Bonchev–Trinajstić information content (AvgIpc) is 3.45. The Morgan fingerprint density at radius 1 is 1.13 bits per heavy atom. The number of ether oxygens (including phenoxy) is 1. The lowest BCUT2D eigenvalue weighted by Gasteiger charge is -2.18. The minimum atomic E-state index is -0.221. The summed E-state index contributed by atoms with van der Waals surface area (Å²) >= 11 is 0. The molecule has 0 saturated heterocycles. The molecule has 0 spiro atoms. The van der Waals surface area contributed by atoms with Gasteiger partial charge in [0.15, 0.2) is 0 Å². The Kier molecular flexibility index (Phi) is 7.33. The molecule has 5 rings (SSSR count). The fourth-order valence-corrected chi connectivity index (χ4v) is 4.45. The second-order valence-corrected chi connectivity index (χ2v) is 10.5. The van der Waals surface area contributed by atoms with Crippen molar-refractivity contribution in [3.8, 4) is 28.1 Å². The van der Waals surface area contributed by atoms with E-state index in [9.17, 15) is 4.79 Å². The highest BCUT2D eigenvalue weighted by Gasteiger charge is 2.24. The van der Waals surface area contributed by atoms with E-state index < -0.39 is 0 Å². The second-order valence-electron chi connectivity index (χ2n) is 10.5. The summed E-state index contributed by atoms with van der Waals surface area (Å²) in [6.07, 6.45) is 8.35. The highest BCUT2D eigenvalue weighted by Crippen LogP contribution is 2.36. The molecule has 198 valence electrons. The van der Waals surface area contributed by atoms with Crippen LogP contribution < -0.4 is 10.1 Å². The zero-order chi connectivity index (χ0) is 26.8. The van der Waals surface area contributed by atoms with Crippen molar-refractivity contribution in [2.75, 3.05) is 27.2 Å². The minimum absolute atomic E-state index is 0.126. The highest BCUT2D eigenvalue weighted by molar-refractivity contribution is 5.96. The summed E-state index contributed by atoms with van der Waals surface area (Å²) in [6, 6.07) is 14.4. The molecule has 8 heteroatoms. The van der Waals surface area contributed by atoms with Crippen molar-refractivity contribution >= 4 is 5.91 Å². The molecular weight excluding hydrogens is 476 g/mol. The van der Waals surface area contributed by atoms with Crippen molar-refractivity contribution in [3.63, 3.8) is 0 Å². The van der Waals surface area contributed by atoms with Crippen LogP contribution in [-0.4, -0.2) is 57.6 Å². The van der Waals surface area contributed by atoms with Crippen LogP contribution in [0.2, 0.25) is 0 Å². The molecule has 8 nitrogen and oxygen atoms in total. The van der Waals surface area contributed by atoms with Gasteiger partial charge in [-0.05, 0) is 93.9 Å². The zero-order valence-electron chi connectivity index (χ0n) is 22.8. The summed E-state index contributed by atoms with van der Waals surface area (Å²) in [6.45, 7) is 5.33. The predicted molar refractivity (Wildman–Crippen MR) is 149 cm³/mol. The Morgan fingerprint density at radius 2 is 1.92 bits per heavy atom. The van der Waals surface area contributed by atoms with Crippen LogP contribution in [0.1, 0.15) is 53.3 Å². The topological polar surface area (TPSA) is 77.2 Å². The molecule has 1 aliphatic carbocycles. The molecule has 1 aliphatic rings. The first-order valence-electron chi connectivity index (χ1n) is 13.2. The van der Waals surface area contributed by atoms with Gasteiger partial charge in [0.25, 0.3) is 5.91 Å². The molecule has 1 N–H and O–H groups in total. The molecule has 38 heavy (non-hydrogen) atoms. The first-order chi connectivity index (χ1) is 18.3. The second kappa shape index (κ2) is 10.8. The van der Waals surface area contributed by atoms with E-state index in [1.165, 1.54) is 12.8 Å². The van der Waals surface area contributed by atoms with Crippen molar-refractivity contribution in [1.82, 2.24) is 29.8 Å². The van der Waals surface area contributed by atoms with Crippen LogP contribution in [0, 0.1) is 6.92 Å². The molecule has 1 saturated carbocycles. The maximum Gasteiger partial charge on any atom is 0.252 e. The minimum Gasteiger partial charge on any atom is -0.492 e.